The van der Waals surface area contributed by atoms with Gasteiger partial charge in [-0.25, -0.2) is 0 Å². The van der Waals surface area contributed by atoms with E-state index in [2.05, 4.69) is 0 Å². The Kier molecular flexibility index (Phi) is 2.66. The van der Waals surface area contributed by atoms with Gasteiger partial charge in [0.1, 0.15) is 0 Å². The number of benzene rings is 2. The molecule has 2 aromatic rings. The molecule has 0 fully saturated rings. The highest BCUT2D eigenvalue weighted by Crippen LogP contribution is 2.04. The lowest BCUT2D eigenvalue weighted by atomic mass is 10.1. The fraction of sp³-hybridized carbons (Fsp3) is 0.350. The Morgan fingerprint density at radius 3 is 1.83 bits per heavy atom. The van der Waals surface area contributed by atoms with Crippen molar-refractivity contribution < 1.29 is 42.4 Å². The Bertz CT molecular complexity index is 1320. The normalized spacial score (nSPS) is 26.8. The van der Waals surface area contributed by atoms with Crippen LogP contribution in [0.15, 0.2) is 60.5 Å². The summed E-state index contributed by atoms with van der Waals surface area (Å²) in [6.45, 7) is -3.69. The first-order valence-corrected chi connectivity index (χ1v) is 5.96. The molecule has 0 aromatic heterocycles. The van der Waals surface area contributed by atoms with Crippen LogP contribution in [-0.2, 0) is 17.5 Å². The van der Waals surface area contributed by atoms with Crippen LogP contribution in [0.2, 0.25) is 0 Å². The van der Waals surface area contributed by atoms with Crippen molar-refractivity contribution in [2.75, 3.05) is 6.56 Å². The minimum absolute atomic E-state index is 0.258. The minimum Gasteiger partial charge on any atom is -0.481 e. The molecule has 2 rings (SSSR count). The summed E-state index contributed by atoms with van der Waals surface area (Å²) in [5.41, 5.74) is -1.62. The average molecular weight is 335 g/mol. The molecule has 3 nitrogen and oxygen atoms in total. The van der Waals surface area contributed by atoms with Gasteiger partial charge in [-0.3, -0.25) is 4.79 Å². The molecule has 0 aliphatic heterocycles. The van der Waals surface area contributed by atoms with Crippen LogP contribution < -0.4 is 0 Å². The van der Waals surface area contributed by atoms with E-state index in [0.717, 1.165) is 24.3 Å². The van der Waals surface area contributed by atoms with Crippen LogP contribution in [0.4, 0.5) is 0 Å². The van der Waals surface area contributed by atoms with Gasteiger partial charge in [-0.1, -0.05) is 60.5 Å². The smallest absolute Gasteiger partial charge is 0.303 e. The van der Waals surface area contributed by atoms with Crippen molar-refractivity contribution >= 4 is 5.97 Å². The van der Waals surface area contributed by atoms with Gasteiger partial charge in [0.2, 0.25) is 0 Å². The van der Waals surface area contributed by atoms with Gasteiger partial charge in [0.15, 0.2) is 0 Å². The molecule has 2 aromatic carbocycles. The van der Waals surface area contributed by atoms with E-state index in [4.69, 9.17) is 32.5 Å². The SMILES string of the molecule is [2H]c1cc([2H])c(C([2H])([2H])C([2H])([2H])C([2H])([2H])C(=O)O)c([2H])c1.[2H]c1cc([2H])c(C([2H])([2H])C([2H])([2H])C([2H])([2H])C([2H])([2H])O)c([2H])c1. The Hall–Kier alpha value is -2.13. The summed E-state index contributed by atoms with van der Waals surface area (Å²) in [4.78, 5) is 10.9. The van der Waals surface area contributed by atoms with Gasteiger partial charge in [-0.15, -0.1) is 0 Å². The number of carboxylic acid groups (broad SMARTS) is 1. The van der Waals surface area contributed by atoms with Gasteiger partial charge >= 0.3 is 5.97 Å². The number of carbonyl (C=O) groups is 1. The first-order valence-electron chi connectivity index (χ1n) is 16.0. The standard InChI is InChI=1S/C10H12O2.C10H14O/c11-10(12)8-4-7-9-5-2-1-3-6-9;11-9-5-4-8-10-6-2-1-3-7-10/h1-3,5-6H,4,7-8H2,(H,11,12);1-3,6-7,11H,4-5,8-9H2/i1D,4D2,5D,6D,7D2,8D2;1D,4D2,5D2,6D,7D,8D2,9D2. The zero-order chi connectivity index (χ0) is 34.5. The van der Waals surface area contributed by atoms with Crippen LogP contribution in [0.25, 0.3) is 0 Å². The van der Waals surface area contributed by atoms with Gasteiger partial charge in [-0.2, -0.15) is 0 Å². The molecule has 0 unspecified atom stereocenters. The lowest BCUT2D eigenvalue weighted by Gasteiger charge is -1.97. The summed E-state index contributed by atoms with van der Waals surface area (Å²) in [6.07, 6.45) is -20.9. The molecule has 0 atom stereocenters. The summed E-state index contributed by atoms with van der Waals surface area (Å²) >= 11 is 0. The van der Waals surface area contributed by atoms with Gasteiger partial charge in [0.05, 0.1) is 11.0 Å². The van der Waals surface area contributed by atoms with Crippen LogP contribution in [0, 0.1) is 0 Å². The number of aliphatic carboxylic acids is 1. The molecular formula is C20H26O3. The number of aliphatic hydroxyl groups is 1. The highest BCUT2D eigenvalue weighted by Gasteiger charge is 1.96. The monoisotopic (exact) mass is 334 g/mol. The van der Waals surface area contributed by atoms with Crippen molar-refractivity contribution in [2.24, 2.45) is 0 Å². The summed E-state index contributed by atoms with van der Waals surface area (Å²) in [5.74, 6) is -2.19. The van der Waals surface area contributed by atoms with Crippen LogP contribution in [-0.4, -0.2) is 22.7 Å². The van der Waals surface area contributed by atoms with E-state index in [9.17, 15) is 9.90 Å². The molecule has 23 heavy (non-hydrogen) atoms. The molecule has 0 spiro atoms. The van der Waals surface area contributed by atoms with Gasteiger partial charge in [0.25, 0.3) is 0 Å². The zero-order valence-corrected chi connectivity index (χ0v) is 11.6. The maximum Gasteiger partial charge on any atom is 0.303 e. The third kappa shape index (κ3) is 10.3. The fourth-order valence-electron chi connectivity index (χ4n) is 1.04. The molecule has 3 heteroatoms. The van der Waals surface area contributed by atoms with E-state index in [0.29, 0.717) is 0 Å². The predicted molar refractivity (Wildman–Crippen MR) is 93.5 cm³/mol. The van der Waals surface area contributed by atoms with E-state index in [-0.39, 0.29) is 12.1 Å². The van der Waals surface area contributed by atoms with Crippen LogP contribution >= 0.6 is 0 Å². The lowest BCUT2D eigenvalue weighted by Crippen LogP contribution is -1.95. The minimum atomic E-state index is -3.69. The van der Waals surface area contributed by atoms with Gasteiger partial charge < -0.3 is 10.2 Å². The maximum absolute atomic E-state index is 10.9. The second kappa shape index (κ2) is 12.4. The molecule has 124 valence electrons. The third-order valence-corrected chi connectivity index (χ3v) is 1.86. The average Bonchev–Trinajstić information content (AvgIpc) is 2.76. The van der Waals surface area contributed by atoms with E-state index in [1.54, 1.807) is 0 Å². The lowest BCUT2D eigenvalue weighted by molar-refractivity contribution is -0.137. The van der Waals surface area contributed by atoms with E-state index < -0.39 is 86.1 Å². The molecular weight excluding hydrogens is 288 g/mol. The molecule has 0 radical (unpaired) electrons. The zero-order valence-electron chi connectivity index (χ0n) is 31.6. The Morgan fingerprint density at radius 2 is 1.39 bits per heavy atom. The second-order valence-corrected chi connectivity index (χ2v) is 3.40. The number of rotatable bonds is 8. The molecule has 0 amide bonds. The van der Waals surface area contributed by atoms with Crippen molar-refractivity contribution in [3.05, 3.63) is 71.6 Å². The number of hydrogen-bond acceptors (Lipinski definition) is 2. The van der Waals surface area contributed by atoms with Crippen LogP contribution in [0.1, 0.15) is 64.0 Å². The van der Waals surface area contributed by atoms with Crippen LogP contribution in [0.3, 0.4) is 0 Å². The summed E-state index contributed by atoms with van der Waals surface area (Å²) < 4.78 is 150. The summed E-state index contributed by atoms with van der Waals surface area (Å²) in [6, 6.07) is 0.262. The molecule has 2 N–H and O–H groups in total. The fourth-order valence-corrected chi connectivity index (χ4v) is 1.04. The molecule has 0 heterocycles. The topological polar surface area (TPSA) is 57.5 Å². The first kappa shape index (κ1) is 4.93. The third-order valence-electron chi connectivity index (χ3n) is 1.86. The van der Waals surface area contributed by atoms with Gasteiger partial charge in [0, 0.05) is 29.4 Å². The highest BCUT2D eigenvalue weighted by atomic mass is 16.4. The molecule has 0 bridgehead atoms. The van der Waals surface area contributed by atoms with Crippen molar-refractivity contribution in [2.45, 2.75) is 38.2 Å². The van der Waals surface area contributed by atoms with E-state index >= 15 is 0 Å². The quantitative estimate of drug-likeness (QED) is 0.764. The maximum atomic E-state index is 10.9. The van der Waals surface area contributed by atoms with Crippen molar-refractivity contribution in [3.63, 3.8) is 0 Å². The summed E-state index contributed by atoms with van der Waals surface area (Å²) in [7, 11) is 0. The number of carboxylic acids is 1. The number of hydrogen-bond donors (Lipinski definition) is 2. The largest absolute Gasteiger partial charge is 0.481 e. The van der Waals surface area contributed by atoms with E-state index in [1.165, 1.54) is 0 Å². The van der Waals surface area contributed by atoms with E-state index in [1.807, 2.05) is 0 Å². The van der Waals surface area contributed by atoms with Crippen LogP contribution in [0.5, 0.6) is 0 Å². The highest BCUT2D eigenvalue weighted by molar-refractivity contribution is 5.66. The van der Waals surface area contributed by atoms with Gasteiger partial charge in [-0.05, 0) is 43.0 Å². The Morgan fingerprint density at radius 1 is 0.913 bits per heavy atom. The Labute approximate surface area is 166 Å². The van der Waals surface area contributed by atoms with Crippen molar-refractivity contribution in [1.82, 2.24) is 0 Å². The van der Waals surface area contributed by atoms with Crippen molar-refractivity contribution in [3.8, 4) is 0 Å². The first-order chi connectivity index (χ1) is 18.8. The molecule has 0 aliphatic rings. The summed E-state index contributed by atoms with van der Waals surface area (Å²) in [5, 5.41) is 18.0. The predicted octanol–water partition coefficient (Wildman–Crippen LogP) is 4.10. The molecule has 0 aliphatic carbocycles. The Balaban J connectivity index is 0.000000430. The van der Waals surface area contributed by atoms with Crippen molar-refractivity contribution in [1.29, 1.82) is 0 Å². The second-order valence-electron chi connectivity index (χ2n) is 3.40. The molecule has 0 saturated heterocycles. The molecule has 0 saturated carbocycles.